The summed E-state index contributed by atoms with van der Waals surface area (Å²) in [6.07, 6.45) is 0.355. The molecule has 0 N–H and O–H groups in total. The van der Waals surface area contributed by atoms with Crippen molar-refractivity contribution < 1.29 is 18.0 Å². The standard InChI is InChI=1S/C19H20F3N3OS/c1-18(2)16(26)24(17(27)25(18)13-6-4-3-5-7-13)14-9-8-12(11-23)15(10-14)19(20,21)22/h8-10,13H,3-7H2,1-2H3. The van der Waals surface area contributed by atoms with E-state index in [0.717, 1.165) is 44.2 Å². The molecule has 0 atom stereocenters. The number of halogens is 3. The van der Waals surface area contributed by atoms with Crippen LogP contribution >= 0.6 is 12.2 Å². The van der Waals surface area contributed by atoms with Gasteiger partial charge in [0.25, 0.3) is 5.91 Å². The van der Waals surface area contributed by atoms with E-state index in [1.807, 2.05) is 4.90 Å². The van der Waals surface area contributed by atoms with Gasteiger partial charge in [-0.3, -0.25) is 9.69 Å². The average molecular weight is 395 g/mol. The summed E-state index contributed by atoms with van der Waals surface area (Å²) in [5.74, 6) is -0.351. The van der Waals surface area contributed by atoms with Gasteiger partial charge in [-0.15, -0.1) is 0 Å². The monoisotopic (exact) mass is 395 g/mol. The predicted molar refractivity (Wildman–Crippen MR) is 99.0 cm³/mol. The molecule has 1 heterocycles. The Bertz CT molecular complexity index is 822. The Morgan fingerprint density at radius 1 is 1.22 bits per heavy atom. The molecule has 0 unspecified atom stereocenters. The van der Waals surface area contributed by atoms with E-state index in [1.165, 1.54) is 11.0 Å². The van der Waals surface area contributed by atoms with Gasteiger partial charge >= 0.3 is 6.18 Å². The number of benzene rings is 1. The lowest BCUT2D eigenvalue weighted by atomic mass is 9.91. The van der Waals surface area contributed by atoms with Crippen LogP contribution < -0.4 is 4.90 Å². The second kappa shape index (κ2) is 6.79. The van der Waals surface area contributed by atoms with E-state index in [4.69, 9.17) is 17.5 Å². The quantitative estimate of drug-likeness (QED) is 0.686. The van der Waals surface area contributed by atoms with Crippen molar-refractivity contribution in [3.63, 3.8) is 0 Å². The first-order valence-electron chi connectivity index (χ1n) is 8.88. The fourth-order valence-corrected chi connectivity index (χ4v) is 4.56. The molecule has 0 aromatic heterocycles. The number of nitrogens with zero attached hydrogens (tertiary/aromatic N) is 3. The molecule has 0 bridgehead atoms. The molecule has 1 aromatic carbocycles. The highest BCUT2D eigenvalue weighted by Gasteiger charge is 2.52. The van der Waals surface area contributed by atoms with Crippen molar-refractivity contribution >= 4 is 28.9 Å². The third-order valence-electron chi connectivity index (χ3n) is 5.35. The van der Waals surface area contributed by atoms with E-state index in [0.29, 0.717) is 0 Å². The van der Waals surface area contributed by atoms with Crippen LogP contribution in [0.25, 0.3) is 0 Å². The number of hydrogen-bond acceptors (Lipinski definition) is 3. The molecule has 1 saturated heterocycles. The van der Waals surface area contributed by atoms with Crippen LogP contribution in [0.5, 0.6) is 0 Å². The molecule has 144 valence electrons. The Kier molecular flexibility index (Phi) is 4.93. The van der Waals surface area contributed by atoms with Crippen LogP contribution in [0.1, 0.15) is 57.1 Å². The van der Waals surface area contributed by atoms with Gasteiger partial charge in [0.2, 0.25) is 0 Å². The summed E-state index contributed by atoms with van der Waals surface area (Å²) in [4.78, 5) is 16.1. The largest absolute Gasteiger partial charge is 0.417 e. The Balaban J connectivity index is 2.03. The first-order valence-corrected chi connectivity index (χ1v) is 9.29. The Hall–Kier alpha value is -2.14. The predicted octanol–water partition coefficient (Wildman–Crippen LogP) is 4.62. The number of hydrogen-bond donors (Lipinski definition) is 0. The molecule has 3 rings (SSSR count). The summed E-state index contributed by atoms with van der Waals surface area (Å²) in [6, 6.07) is 4.93. The van der Waals surface area contributed by atoms with E-state index in [1.54, 1.807) is 19.9 Å². The number of amides is 1. The van der Waals surface area contributed by atoms with Crippen molar-refractivity contribution in [2.75, 3.05) is 4.90 Å². The van der Waals surface area contributed by atoms with Gasteiger partial charge in [0.05, 0.1) is 22.9 Å². The Morgan fingerprint density at radius 2 is 1.85 bits per heavy atom. The lowest BCUT2D eigenvalue weighted by molar-refractivity contribution is -0.137. The van der Waals surface area contributed by atoms with Crippen molar-refractivity contribution in [3.8, 4) is 6.07 Å². The minimum atomic E-state index is -4.69. The summed E-state index contributed by atoms with van der Waals surface area (Å²) in [6.45, 7) is 3.51. The number of anilines is 1. The van der Waals surface area contributed by atoms with Crippen molar-refractivity contribution in [3.05, 3.63) is 29.3 Å². The molecular formula is C19H20F3N3OS. The fraction of sp³-hybridized carbons (Fsp3) is 0.526. The Labute approximate surface area is 161 Å². The molecule has 0 radical (unpaired) electrons. The summed E-state index contributed by atoms with van der Waals surface area (Å²) in [5, 5.41) is 9.20. The molecule has 4 nitrogen and oxygen atoms in total. The summed E-state index contributed by atoms with van der Waals surface area (Å²) >= 11 is 5.53. The van der Waals surface area contributed by atoms with Crippen molar-refractivity contribution in [1.29, 1.82) is 5.26 Å². The van der Waals surface area contributed by atoms with Crippen LogP contribution in [-0.2, 0) is 11.0 Å². The molecule has 27 heavy (non-hydrogen) atoms. The van der Waals surface area contributed by atoms with Crippen LogP contribution in [0.15, 0.2) is 18.2 Å². The van der Waals surface area contributed by atoms with E-state index in [9.17, 15) is 18.0 Å². The van der Waals surface area contributed by atoms with Crippen LogP contribution in [0, 0.1) is 11.3 Å². The first-order chi connectivity index (χ1) is 12.6. The smallest absolute Gasteiger partial charge is 0.331 e. The molecule has 0 spiro atoms. The molecule has 1 amide bonds. The highest BCUT2D eigenvalue weighted by Crippen LogP contribution is 2.40. The van der Waals surface area contributed by atoms with Gasteiger partial charge in [-0.05, 0) is 57.1 Å². The molecule has 1 aromatic rings. The SMILES string of the molecule is CC1(C)C(=O)N(c2ccc(C#N)c(C(F)(F)F)c2)C(=S)N1C1CCCCC1. The zero-order chi connectivity index (χ0) is 20.0. The highest BCUT2D eigenvalue weighted by atomic mass is 32.1. The second-order valence-electron chi connectivity index (χ2n) is 7.48. The lowest BCUT2D eigenvalue weighted by Crippen LogP contribution is -2.50. The van der Waals surface area contributed by atoms with Crippen LogP contribution in [-0.4, -0.2) is 27.5 Å². The highest BCUT2D eigenvalue weighted by molar-refractivity contribution is 7.80. The first kappa shape index (κ1) is 19.6. The van der Waals surface area contributed by atoms with Gasteiger partial charge < -0.3 is 4.90 Å². The van der Waals surface area contributed by atoms with Gasteiger partial charge in [-0.25, -0.2) is 0 Å². The number of carbonyl (C=O) groups excluding carboxylic acids is 1. The van der Waals surface area contributed by atoms with E-state index >= 15 is 0 Å². The van der Waals surface area contributed by atoms with E-state index < -0.39 is 22.8 Å². The average Bonchev–Trinajstić information content (AvgIpc) is 2.79. The van der Waals surface area contributed by atoms with Crippen molar-refractivity contribution in [2.24, 2.45) is 0 Å². The number of carbonyl (C=O) groups is 1. The lowest BCUT2D eigenvalue weighted by Gasteiger charge is -2.39. The minimum Gasteiger partial charge on any atom is -0.331 e. The van der Waals surface area contributed by atoms with Crippen LogP contribution in [0.2, 0.25) is 0 Å². The van der Waals surface area contributed by atoms with Gasteiger partial charge in [0.1, 0.15) is 5.54 Å². The summed E-state index contributed by atoms with van der Waals surface area (Å²) in [7, 11) is 0. The van der Waals surface area contributed by atoms with Gasteiger partial charge in [0, 0.05) is 6.04 Å². The van der Waals surface area contributed by atoms with Crippen LogP contribution in [0.4, 0.5) is 18.9 Å². The molecule has 2 fully saturated rings. The number of alkyl halides is 3. The molecule has 2 aliphatic rings. The second-order valence-corrected chi connectivity index (χ2v) is 7.85. The minimum absolute atomic E-state index is 0.0442. The summed E-state index contributed by atoms with van der Waals surface area (Å²) in [5.41, 5.74) is -2.42. The third kappa shape index (κ3) is 3.29. The number of thiocarbonyl (C=S) groups is 1. The summed E-state index contributed by atoms with van der Waals surface area (Å²) < 4.78 is 40.0. The maximum Gasteiger partial charge on any atom is 0.417 e. The van der Waals surface area contributed by atoms with E-state index in [-0.39, 0.29) is 22.7 Å². The normalized spacial score (nSPS) is 20.9. The van der Waals surface area contributed by atoms with Gasteiger partial charge in [-0.2, -0.15) is 18.4 Å². The van der Waals surface area contributed by atoms with Crippen molar-refractivity contribution in [1.82, 2.24) is 4.90 Å². The number of nitriles is 1. The molecular weight excluding hydrogens is 375 g/mol. The fourth-order valence-electron chi connectivity index (χ4n) is 3.99. The Morgan fingerprint density at radius 3 is 2.41 bits per heavy atom. The molecule has 8 heteroatoms. The molecule has 1 aliphatic heterocycles. The third-order valence-corrected chi connectivity index (χ3v) is 5.73. The number of rotatable bonds is 2. The zero-order valence-electron chi connectivity index (χ0n) is 15.1. The zero-order valence-corrected chi connectivity index (χ0v) is 16.0. The molecule has 1 saturated carbocycles. The molecule has 1 aliphatic carbocycles. The maximum absolute atomic E-state index is 13.3. The van der Waals surface area contributed by atoms with Gasteiger partial charge in [0.15, 0.2) is 5.11 Å². The van der Waals surface area contributed by atoms with Crippen LogP contribution in [0.3, 0.4) is 0 Å². The maximum atomic E-state index is 13.3. The van der Waals surface area contributed by atoms with Gasteiger partial charge in [-0.1, -0.05) is 19.3 Å². The topological polar surface area (TPSA) is 47.3 Å². The van der Waals surface area contributed by atoms with Crippen molar-refractivity contribution in [2.45, 2.75) is 63.7 Å². The van der Waals surface area contributed by atoms with E-state index in [2.05, 4.69) is 0 Å².